The highest BCUT2D eigenvalue weighted by atomic mass is 16.3. The van der Waals surface area contributed by atoms with Gasteiger partial charge in [-0.1, -0.05) is 12.8 Å². The molecule has 1 aliphatic heterocycles. The summed E-state index contributed by atoms with van der Waals surface area (Å²) < 4.78 is 2.26. The number of nitrogens with zero attached hydrogens (tertiary/aromatic N) is 3. The first-order valence-corrected chi connectivity index (χ1v) is 7.56. The maximum absolute atomic E-state index is 9.59. The molecular formula is C14H24N4O. The van der Waals surface area contributed by atoms with Crippen LogP contribution in [0, 0.1) is 5.41 Å². The maximum Gasteiger partial charge on any atom is 0.147 e. The molecule has 5 nitrogen and oxygen atoms in total. The number of aliphatic hydroxyl groups is 1. The van der Waals surface area contributed by atoms with Crippen LogP contribution in [0.5, 0.6) is 0 Å². The summed E-state index contributed by atoms with van der Waals surface area (Å²) in [6.45, 7) is 3.03. The van der Waals surface area contributed by atoms with E-state index >= 15 is 0 Å². The molecule has 1 aliphatic carbocycles. The summed E-state index contributed by atoms with van der Waals surface area (Å²) in [5, 5.41) is 21.6. The molecule has 5 heteroatoms. The van der Waals surface area contributed by atoms with Gasteiger partial charge >= 0.3 is 0 Å². The number of aliphatic hydroxyl groups excluding tert-OH is 1. The molecular weight excluding hydrogens is 240 g/mol. The molecule has 0 radical (unpaired) electrons. The highest BCUT2D eigenvalue weighted by molar-refractivity contribution is 4.99. The Hall–Kier alpha value is -0.940. The molecule has 0 spiro atoms. The van der Waals surface area contributed by atoms with E-state index in [2.05, 4.69) is 20.1 Å². The lowest BCUT2D eigenvalue weighted by molar-refractivity contribution is 0.127. The monoisotopic (exact) mass is 264 g/mol. The minimum Gasteiger partial charge on any atom is -0.396 e. The molecule has 3 rings (SSSR count). The first-order chi connectivity index (χ1) is 9.33. The number of nitrogens with one attached hydrogen (secondary N) is 1. The molecule has 1 aromatic heterocycles. The summed E-state index contributed by atoms with van der Waals surface area (Å²) in [6.07, 6.45) is 8.33. The second-order valence-corrected chi connectivity index (χ2v) is 6.11. The molecule has 2 aliphatic rings. The van der Waals surface area contributed by atoms with Gasteiger partial charge in [0.05, 0.1) is 6.54 Å². The third kappa shape index (κ3) is 2.67. The normalized spacial score (nSPS) is 21.5. The van der Waals surface area contributed by atoms with Crippen LogP contribution >= 0.6 is 0 Å². The van der Waals surface area contributed by atoms with Crippen LogP contribution in [0.3, 0.4) is 0 Å². The van der Waals surface area contributed by atoms with Gasteiger partial charge in [-0.05, 0) is 25.7 Å². The average molecular weight is 264 g/mol. The van der Waals surface area contributed by atoms with Gasteiger partial charge in [-0.2, -0.15) is 0 Å². The van der Waals surface area contributed by atoms with Crippen molar-refractivity contribution in [2.75, 3.05) is 13.2 Å². The lowest BCUT2D eigenvalue weighted by Crippen LogP contribution is -2.35. The van der Waals surface area contributed by atoms with E-state index in [1.807, 2.05) is 0 Å². The van der Waals surface area contributed by atoms with Gasteiger partial charge in [0.1, 0.15) is 11.6 Å². The number of hydrogen-bond acceptors (Lipinski definition) is 4. The van der Waals surface area contributed by atoms with Crippen LogP contribution in [-0.2, 0) is 19.5 Å². The molecule has 1 saturated carbocycles. The SMILES string of the molecule is OCC1(CNCc2nnc3n2CCCC3)CCCC1. The first kappa shape index (κ1) is 13.1. The zero-order chi connectivity index (χ0) is 13.1. The van der Waals surface area contributed by atoms with E-state index in [1.165, 1.54) is 25.7 Å². The van der Waals surface area contributed by atoms with Gasteiger partial charge in [0, 0.05) is 31.5 Å². The minimum absolute atomic E-state index is 0.116. The van der Waals surface area contributed by atoms with Gasteiger partial charge in [0.25, 0.3) is 0 Å². The zero-order valence-electron chi connectivity index (χ0n) is 11.6. The molecule has 0 atom stereocenters. The zero-order valence-corrected chi connectivity index (χ0v) is 11.6. The van der Waals surface area contributed by atoms with E-state index in [4.69, 9.17) is 0 Å². The highest BCUT2D eigenvalue weighted by Crippen LogP contribution is 2.36. The van der Waals surface area contributed by atoms with Crippen LogP contribution in [0.25, 0.3) is 0 Å². The van der Waals surface area contributed by atoms with Gasteiger partial charge in [-0.3, -0.25) is 0 Å². The number of rotatable bonds is 5. The summed E-state index contributed by atoms with van der Waals surface area (Å²) in [4.78, 5) is 0. The lowest BCUT2D eigenvalue weighted by Gasteiger charge is -2.26. The Kier molecular flexibility index (Phi) is 3.84. The molecule has 1 aromatic rings. The van der Waals surface area contributed by atoms with Crippen molar-refractivity contribution in [2.45, 2.75) is 58.0 Å². The van der Waals surface area contributed by atoms with Crippen molar-refractivity contribution in [1.29, 1.82) is 0 Å². The van der Waals surface area contributed by atoms with Gasteiger partial charge in [-0.25, -0.2) is 0 Å². The van der Waals surface area contributed by atoms with E-state index < -0.39 is 0 Å². The maximum atomic E-state index is 9.59. The molecule has 19 heavy (non-hydrogen) atoms. The lowest BCUT2D eigenvalue weighted by atomic mass is 9.87. The first-order valence-electron chi connectivity index (χ1n) is 7.56. The molecule has 106 valence electrons. The van der Waals surface area contributed by atoms with Crippen LogP contribution in [0.2, 0.25) is 0 Å². The van der Waals surface area contributed by atoms with Crippen LogP contribution in [0.1, 0.15) is 50.2 Å². The Labute approximate surface area is 114 Å². The molecule has 0 aromatic carbocycles. The fourth-order valence-electron chi connectivity index (χ4n) is 3.45. The fraction of sp³-hybridized carbons (Fsp3) is 0.857. The second-order valence-electron chi connectivity index (χ2n) is 6.11. The van der Waals surface area contributed by atoms with Crippen LogP contribution in [-0.4, -0.2) is 33.0 Å². The quantitative estimate of drug-likeness (QED) is 0.840. The van der Waals surface area contributed by atoms with Crippen LogP contribution in [0.4, 0.5) is 0 Å². The molecule has 0 amide bonds. The summed E-state index contributed by atoms with van der Waals surface area (Å²) in [6, 6.07) is 0. The van der Waals surface area contributed by atoms with Crippen molar-refractivity contribution in [3.63, 3.8) is 0 Å². The summed E-state index contributed by atoms with van der Waals surface area (Å²) in [7, 11) is 0. The van der Waals surface area contributed by atoms with Crippen molar-refractivity contribution in [3.05, 3.63) is 11.6 Å². The van der Waals surface area contributed by atoms with E-state index in [9.17, 15) is 5.11 Å². The Balaban J connectivity index is 1.56. The third-order valence-electron chi connectivity index (χ3n) is 4.72. The van der Waals surface area contributed by atoms with Crippen LogP contribution < -0.4 is 5.32 Å². The molecule has 2 N–H and O–H groups in total. The number of hydrogen-bond donors (Lipinski definition) is 2. The van der Waals surface area contributed by atoms with Gasteiger partial charge in [0.2, 0.25) is 0 Å². The number of aryl methyl sites for hydroxylation is 1. The minimum atomic E-state index is 0.116. The molecule has 0 unspecified atom stereocenters. The van der Waals surface area contributed by atoms with Gasteiger partial charge in [-0.15, -0.1) is 10.2 Å². The van der Waals surface area contributed by atoms with E-state index in [0.29, 0.717) is 6.61 Å². The van der Waals surface area contributed by atoms with E-state index in [1.54, 1.807) is 0 Å². The van der Waals surface area contributed by atoms with Crippen LogP contribution in [0.15, 0.2) is 0 Å². The molecule has 2 heterocycles. The molecule has 0 saturated heterocycles. The summed E-state index contributed by atoms with van der Waals surface area (Å²) in [5.41, 5.74) is 0.116. The predicted octanol–water partition coefficient (Wildman–Crippen LogP) is 1.26. The summed E-state index contributed by atoms with van der Waals surface area (Å²) in [5.74, 6) is 2.20. The fourth-order valence-corrected chi connectivity index (χ4v) is 3.45. The van der Waals surface area contributed by atoms with E-state index in [-0.39, 0.29) is 5.41 Å². The largest absolute Gasteiger partial charge is 0.396 e. The number of fused-ring (bicyclic) bond motifs is 1. The van der Waals surface area contributed by atoms with Crippen molar-refractivity contribution in [1.82, 2.24) is 20.1 Å². The molecule has 0 bridgehead atoms. The van der Waals surface area contributed by atoms with Gasteiger partial charge in [0.15, 0.2) is 0 Å². The predicted molar refractivity (Wildman–Crippen MR) is 72.7 cm³/mol. The van der Waals surface area contributed by atoms with Gasteiger partial charge < -0.3 is 15.0 Å². The van der Waals surface area contributed by atoms with Crippen molar-refractivity contribution in [3.8, 4) is 0 Å². The molecule has 1 fully saturated rings. The third-order valence-corrected chi connectivity index (χ3v) is 4.72. The Morgan fingerprint density at radius 2 is 2.00 bits per heavy atom. The van der Waals surface area contributed by atoms with E-state index in [0.717, 1.165) is 50.5 Å². The topological polar surface area (TPSA) is 63.0 Å². The highest BCUT2D eigenvalue weighted by Gasteiger charge is 2.32. The average Bonchev–Trinajstić information content (AvgIpc) is 3.07. The second kappa shape index (κ2) is 5.59. The Bertz CT molecular complexity index is 423. The van der Waals surface area contributed by atoms with Crippen molar-refractivity contribution in [2.24, 2.45) is 5.41 Å². The van der Waals surface area contributed by atoms with Crippen molar-refractivity contribution < 1.29 is 5.11 Å². The Morgan fingerprint density at radius 3 is 2.79 bits per heavy atom. The smallest absolute Gasteiger partial charge is 0.147 e. The van der Waals surface area contributed by atoms with Crippen molar-refractivity contribution >= 4 is 0 Å². The standard InChI is InChI=1S/C14H24N4O/c19-11-14(6-2-3-7-14)10-15-9-13-17-16-12-5-1-4-8-18(12)13/h15,19H,1-11H2. The summed E-state index contributed by atoms with van der Waals surface area (Å²) >= 11 is 0. The number of aromatic nitrogens is 3. The Morgan fingerprint density at radius 1 is 1.16 bits per heavy atom.